The summed E-state index contributed by atoms with van der Waals surface area (Å²) in [7, 11) is 0. The number of nitrogens with zero attached hydrogens (tertiary/aromatic N) is 3. The summed E-state index contributed by atoms with van der Waals surface area (Å²) < 4.78 is 44.3. The zero-order valence-corrected chi connectivity index (χ0v) is 21.2. The molecule has 5 rings (SSSR count). The van der Waals surface area contributed by atoms with Crippen LogP contribution in [-0.4, -0.2) is 33.7 Å². The molecule has 0 aliphatic rings. The number of nitrogens with one attached hydrogen (secondary N) is 3. The van der Waals surface area contributed by atoms with E-state index >= 15 is 0 Å². The van der Waals surface area contributed by atoms with E-state index in [1.807, 2.05) is 6.07 Å². The van der Waals surface area contributed by atoms with E-state index in [1.54, 1.807) is 31.2 Å². The number of anilines is 2. The summed E-state index contributed by atoms with van der Waals surface area (Å²) in [6.07, 6.45) is 0. The average molecular weight is 545 g/mol. The maximum atomic E-state index is 14.8. The number of hydrogen-bond donors (Lipinski definition) is 3. The summed E-state index contributed by atoms with van der Waals surface area (Å²) in [5, 5.41) is 8.70. The molecule has 0 saturated heterocycles. The van der Waals surface area contributed by atoms with Crippen molar-refractivity contribution < 1.29 is 18.0 Å². The molecule has 3 N–H and O–H groups in total. The molecule has 0 aliphatic heterocycles. The largest absolute Gasteiger partial charge is 0.352 e. The van der Waals surface area contributed by atoms with Gasteiger partial charge in [-0.3, -0.25) is 9.36 Å². The van der Waals surface area contributed by atoms with E-state index < -0.39 is 34.7 Å². The highest BCUT2D eigenvalue weighted by atomic mass is 19.1. The second-order valence-corrected chi connectivity index (χ2v) is 8.84. The van der Waals surface area contributed by atoms with Crippen LogP contribution in [0.3, 0.4) is 0 Å². The number of aryl methyl sites for hydroxylation is 1. The lowest BCUT2D eigenvalue weighted by molar-refractivity contribution is 0.252. The highest BCUT2D eigenvalue weighted by Gasteiger charge is 2.20. The second kappa shape index (κ2) is 11.3. The van der Waals surface area contributed by atoms with Crippen LogP contribution in [0.4, 0.5) is 29.6 Å². The number of pyridine rings is 1. The molecule has 0 aliphatic carbocycles. The minimum Gasteiger partial charge on any atom is -0.352 e. The van der Waals surface area contributed by atoms with Crippen molar-refractivity contribution in [1.82, 2.24) is 19.9 Å². The first-order valence-electron chi connectivity index (χ1n) is 12.3. The summed E-state index contributed by atoms with van der Waals surface area (Å²) in [6.45, 7) is 2.05. The topological polar surface area (TPSA) is 101 Å². The molecule has 202 valence electrons. The zero-order chi connectivity index (χ0) is 28.2. The van der Waals surface area contributed by atoms with Gasteiger partial charge in [-0.25, -0.2) is 22.9 Å². The minimum atomic E-state index is -0.948. The number of hydrogen-bond acceptors (Lipinski definition) is 5. The molecule has 5 aromatic rings. The van der Waals surface area contributed by atoms with E-state index in [4.69, 9.17) is 0 Å². The van der Waals surface area contributed by atoms with Gasteiger partial charge in [0.1, 0.15) is 23.1 Å². The predicted octanol–water partition coefficient (Wildman–Crippen LogP) is 5.41. The number of carbonyl (C=O) groups is 1. The molecule has 11 heteroatoms. The SMILES string of the molecule is Cc1cc(F)ccc1-c1nc(NCCNC(=O)Nc2ccccc2)nc2c1ccc(=O)n2-c1c(F)cccc1F. The Morgan fingerprint density at radius 2 is 1.62 bits per heavy atom. The van der Waals surface area contributed by atoms with Gasteiger partial charge in [0.2, 0.25) is 5.95 Å². The number of amides is 2. The molecule has 0 spiro atoms. The van der Waals surface area contributed by atoms with Crippen molar-refractivity contribution in [2.75, 3.05) is 23.7 Å². The first-order chi connectivity index (χ1) is 19.3. The van der Waals surface area contributed by atoms with Gasteiger partial charge in [-0.15, -0.1) is 0 Å². The van der Waals surface area contributed by atoms with E-state index in [9.17, 15) is 22.8 Å². The lowest BCUT2D eigenvalue weighted by Gasteiger charge is -2.16. The van der Waals surface area contributed by atoms with E-state index in [-0.39, 0.29) is 24.7 Å². The summed E-state index contributed by atoms with van der Waals surface area (Å²) >= 11 is 0. The first kappa shape index (κ1) is 26.4. The second-order valence-electron chi connectivity index (χ2n) is 8.84. The van der Waals surface area contributed by atoms with Crippen molar-refractivity contribution in [1.29, 1.82) is 0 Å². The average Bonchev–Trinajstić information content (AvgIpc) is 2.92. The molecule has 2 amide bonds. The van der Waals surface area contributed by atoms with Crippen LogP contribution in [-0.2, 0) is 0 Å². The fraction of sp³-hybridized carbons (Fsp3) is 0.103. The number of urea groups is 1. The van der Waals surface area contributed by atoms with Crippen molar-refractivity contribution in [2.24, 2.45) is 0 Å². The normalized spacial score (nSPS) is 10.9. The minimum absolute atomic E-state index is 0.0348. The van der Waals surface area contributed by atoms with Gasteiger partial charge in [0.25, 0.3) is 5.56 Å². The Morgan fingerprint density at radius 1 is 0.875 bits per heavy atom. The molecule has 0 atom stereocenters. The Balaban J connectivity index is 1.53. The van der Waals surface area contributed by atoms with Crippen LogP contribution in [0.2, 0.25) is 0 Å². The Hall–Kier alpha value is -5.19. The van der Waals surface area contributed by atoms with E-state index in [1.165, 1.54) is 36.4 Å². The molecule has 3 aromatic carbocycles. The summed E-state index contributed by atoms with van der Waals surface area (Å²) in [4.78, 5) is 34.1. The maximum absolute atomic E-state index is 14.8. The number of fused-ring (bicyclic) bond motifs is 1. The van der Waals surface area contributed by atoms with Crippen molar-refractivity contribution in [2.45, 2.75) is 6.92 Å². The lowest BCUT2D eigenvalue weighted by Crippen LogP contribution is -2.32. The predicted molar refractivity (Wildman–Crippen MR) is 147 cm³/mol. The van der Waals surface area contributed by atoms with Gasteiger partial charge < -0.3 is 16.0 Å². The van der Waals surface area contributed by atoms with Crippen LogP contribution in [0.1, 0.15) is 5.56 Å². The zero-order valence-electron chi connectivity index (χ0n) is 21.2. The third kappa shape index (κ3) is 5.48. The van der Waals surface area contributed by atoms with Crippen molar-refractivity contribution in [3.8, 4) is 16.9 Å². The first-order valence-corrected chi connectivity index (χ1v) is 12.3. The Kier molecular flexibility index (Phi) is 7.45. The van der Waals surface area contributed by atoms with Gasteiger partial charge in [0.05, 0.1) is 5.69 Å². The van der Waals surface area contributed by atoms with Crippen LogP contribution >= 0.6 is 0 Å². The van der Waals surface area contributed by atoms with Crippen molar-refractivity contribution >= 4 is 28.7 Å². The maximum Gasteiger partial charge on any atom is 0.319 e. The van der Waals surface area contributed by atoms with Crippen LogP contribution < -0.4 is 21.5 Å². The molecule has 2 heterocycles. The third-order valence-corrected chi connectivity index (χ3v) is 6.08. The number of carbonyl (C=O) groups excluding carboxylic acids is 1. The highest BCUT2D eigenvalue weighted by molar-refractivity contribution is 5.93. The molecule has 40 heavy (non-hydrogen) atoms. The molecule has 8 nitrogen and oxygen atoms in total. The van der Waals surface area contributed by atoms with Gasteiger partial charge in [-0.2, -0.15) is 4.98 Å². The molecular formula is C29H23F3N6O2. The fourth-order valence-electron chi connectivity index (χ4n) is 4.26. The monoisotopic (exact) mass is 544 g/mol. The van der Waals surface area contributed by atoms with Crippen molar-refractivity contribution in [3.05, 3.63) is 112 Å². The third-order valence-electron chi connectivity index (χ3n) is 6.08. The molecule has 0 bridgehead atoms. The molecule has 0 saturated carbocycles. The van der Waals surface area contributed by atoms with Crippen LogP contribution in [0.15, 0.2) is 83.7 Å². The van der Waals surface area contributed by atoms with Gasteiger partial charge in [0, 0.05) is 35.8 Å². The van der Waals surface area contributed by atoms with Gasteiger partial charge in [0.15, 0.2) is 5.65 Å². The molecule has 0 radical (unpaired) electrons. The summed E-state index contributed by atoms with van der Waals surface area (Å²) in [5.74, 6) is -2.30. The number of rotatable bonds is 7. The smallest absolute Gasteiger partial charge is 0.319 e. The molecular weight excluding hydrogens is 521 g/mol. The van der Waals surface area contributed by atoms with Crippen LogP contribution in [0.5, 0.6) is 0 Å². The van der Waals surface area contributed by atoms with Crippen LogP contribution in [0, 0.1) is 24.4 Å². The fourth-order valence-corrected chi connectivity index (χ4v) is 4.26. The Labute approximate surface area is 226 Å². The quantitative estimate of drug-likeness (QED) is 0.238. The van der Waals surface area contributed by atoms with Gasteiger partial charge in [-0.1, -0.05) is 24.3 Å². The number of benzene rings is 3. The Morgan fingerprint density at radius 3 is 2.35 bits per heavy atom. The van der Waals surface area contributed by atoms with Crippen LogP contribution in [0.25, 0.3) is 28.0 Å². The van der Waals surface area contributed by atoms with Gasteiger partial charge >= 0.3 is 6.03 Å². The van der Waals surface area contributed by atoms with E-state index in [2.05, 4.69) is 25.9 Å². The summed E-state index contributed by atoms with van der Waals surface area (Å²) in [6, 6.07) is 18.5. The summed E-state index contributed by atoms with van der Waals surface area (Å²) in [5.41, 5.74) is 0.707. The highest BCUT2D eigenvalue weighted by Crippen LogP contribution is 2.31. The number of aromatic nitrogens is 3. The lowest BCUT2D eigenvalue weighted by atomic mass is 10.0. The van der Waals surface area contributed by atoms with Crippen molar-refractivity contribution in [3.63, 3.8) is 0 Å². The standard InChI is InChI=1S/C29H23F3N6O2/c1-17-16-18(30)10-11-20(17)25-21-12-13-24(39)38(26-22(31)8-5-9-23(26)32)27(21)37-28(36-25)33-14-15-34-29(40)35-19-6-3-2-4-7-19/h2-13,16H,14-15H2,1H3,(H,33,36,37)(H2,34,35,40). The van der Waals surface area contributed by atoms with Gasteiger partial charge in [-0.05, 0) is 61.0 Å². The van der Waals surface area contributed by atoms with E-state index in [0.29, 0.717) is 27.9 Å². The molecule has 0 fully saturated rings. The molecule has 0 unspecified atom stereocenters. The number of para-hydroxylation sites is 2. The molecule has 2 aromatic heterocycles. The number of halogens is 3. The Bertz CT molecular complexity index is 1760. The van der Waals surface area contributed by atoms with E-state index in [0.717, 1.165) is 16.7 Å².